The summed E-state index contributed by atoms with van der Waals surface area (Å²) in [5.74, 6) is 0.934. The highest BCUT2D eigenvalue weighted by molar-refractivity contribution is 9.11. The molecule has 73 heavy (non-hydrogen) atoms. The Hall–Kier alpha value is -5.20. The molecular weight excluding hydrogens is 1040 g/mol. The summed E-state index contributed by atoms with van der Waals surface area (Å²) in [7, 11) is 0. The zero-order valence-corrected chi connectivity index (χ0v) is 46.9. The van der Waals surface area contributed by atoms with Crippen LogP contribution in [0, 0.1) is 6.92 Å². The van der Waals surface area contributed by atoms with Gasteiger partial charge in [-0.15, -0.1) is 0 Å². The number of aryl methyl sites for hydroxylation is 1. The number of carbonyl (C=O) groups is 2. The minimum absolute atomic E-state index is 0.232. The molecule has 0 aliphatic carbocycles. The second-order valence-corrected chi connectivity index (χ2v) is 20.6. The SMILES string of the molecule is CCCCCCCCCCCCCCOc1ccc(N=Nc2ccc(C(=O)Oc3ccc(C)c(OC(=O)c4ccc(N=Nc5ccc(OCCCCCCCCCCCCCC)c(Br)c5)cc4)c3)cc2)cc1Br. The van der Waals surface area contributed by atoms with Gasteiger partial charge in [-0.2, -0.15) is 20.5 Å². The Morgan fingerprint density at radius 1 is 0.384 bits per heavy atom. The minimum Gasteiger partial charge on any atom is -0.492 e. The molecule has 0 atom stereocenters. The Morgan fingerprint density at radius 2 is 0.726 bits per heavy atom. The predicted molar refractivity (Wildman–Crippen MR) is 304 cm³/mol. The van der Waals surface area contributed by atoms with E-state index in [0.717, 1.165) is 33.3 Å². The van der Waals surface area contributed by atoms with Crippen LogP contribution in [0.5, 0.6) is 23.0 Å². The molecule has 0 saturated carbocycles. The standard InChI is InChI=1S/C61H78Br2N4O6/c1-4-6-8-10-12-14-16-18-20-22-24-26-42-70-57-40-37-52(44-55(57)62)66-64-50-33-29-48(30-34-50)60(68)72-54-39-28-47(3)59(46-54)73-61(69)49-31-35-51(36-32-49)65-67-53-38-41-58(56(63)45-53)71-43-27-25-23-21-19-17-15-13-11-9-7-5-2/h28-41,44-46H,4-27,42-43H2,1-3H3. The smallest absolute Gasteiger partial charge is 0.343 e. The lowest BCUT2D eigenvalue weighted by Gasteiger charge is -2.10. The molecule has 0 heterocycles. The van der Waals surface area contributed by atoms with Gasteiger partial charge in [0, 0.05) is 6.07 Å². The lowest BCUT2D eigenvalue weighted by molar-refractivity contribution is 0.0731. The van der Waals surface area contributed by atoms with Crippen LogP contribution in [-0.2, 0) is 0 Å². The molecule has 0 amide bonds. The van der Waals surface area contributed by atoms with Gasteiger partial charge in [-0.05, 0) is 148 Å². The zero-order valence-electron chi connectivity index (χ0n) is 43.7. The average Bonchev–Trinajstić information content (AvgIpc) is 3.40. The highest BCUT2D eigenvalue weighted by atomic mass is 79.9. The fourth-order valence-corrected chi connectivity index (χ4v) is 9.19. The summed E-state index contributed by atoms with van der Waals surface area (Å²) >= 11 is 7.23. The molecule has 5 aromatic rings. The number of esters is 2. The fourth-order valence-electron chi connectivity index (χ4n) is 8.23. The summed E-state index contributed by atoms with van der Waals surface area (Å²) in [6.45, 7) is 7.71. The van der Waals surface area contributed by atoms with Crippen molar-refractivity contribution in [3.63, 3.8) is 0 Å². The van der Waals surface area contributed by atoms with Crippen molar-refractivity contribution in [3.8, 4) is 23.0 Å². The Bertz CT molecular complexity index is 2440. The predicted octanol–water partition coefficient (Wildman–Crippen LogP) is 20.9. The first kappa shape index (κ1) is 58.7. The second-order valence-electron chi connectivity index (χ2n) is 18.9. The van der Waals surface area contributed by atoms with Gasteiger partial charge in [0.15, 0.2) is 0 Å². The average molecular weight is 1120 g/mol. The molecule has 0 N–H and O–H groups in total. The van der Waals surface area contributed by atoms with Crippen molar-refractivity contribution in [3.05, 3.63) is 129 Å². The van der Waals surface area contributed by atoms with Gasteiger partial charge in [-0.3, -0.25) is 0 Å². The second kappa shape index (κ2) is 35.1. The van der Waals surface area contributed by atoms with E-state index >= 15 is 0 Å². The van der Waals surface area contributed by atoms with Crippen molar-refractivity contribution in [1.82, 2.24) is 0 Å². The third-order valence-corrected chi connectivity index (χ3v) is 13.9. The number of ether oxygens (including phenoxy) is 4. The monoisotopic (exact) mass is 1120 g/mol. The third kappa shape index (κ3) is 23.3. The molecule has 0 radical (unpaired) electrons. The largest absolute Gasteiger partial charge is 0.492 e. The maximum atomic E-state index is 13.2. The van der Waals surface area contributed by atoms with Gasteiger partial charge in [0.2, 0.25) is 0 Å². The van der Waals surface area contributed by atoms with E-state index in [-0.39, 0.29) is 11.5 Å². The van der Waals surface area contributed by atoms with Crippen LogP contribution in [0.15, 0.2) is 133 Å². The van der Waals surface area contributed by atoms with Gasteiger partial charge >= 0.3 is 11.9 Å². The first-order chi connectivity index (χ1) is 35.7. The van der Waals surface area contributed by atoms with Gasteiger partial charge in [0.05, 0.1) is 56.0 Å². The normalized spacial score (nSPS) is 11.4. The summed E-state index contributed by atoms with van der Waals surface area (Å²) in [6, 6.07) is 29.5. The van der Waals surface area contributed by atoms with Gasteiger partial charge in [0.1, 0.15) is 23.0 Å². The lowest BCUT2D eigenvalue weighted by Crippen LogP contribution is -2.11. The van der Waals surface area contributed by atoms with Crippen molar-refractivity contribution in [2.45, 2.75) is 175 Å². The summed E-state index contributed by atoms with van der Waals surface area (Å²) < 4.78 is 25.1. The fraction of sp³-hybridized carbons (Fsp3) is 0.475. The van der Waals surface area contributed by atoms with E-state index in [1.54, 1.807) is 60.7 Å². The number of unbranched alkanes of at least 4 members (excludes halogenated alkanes) is 22. The van der Waals surface area contributed by atoms with E-state index in [0.29, 0.717) is 52.7 Å². The Labute approximate surface area is 452 Å². The van der Waals surface area contributed by atoms with E-state index in [2.05, 4.69) is 66.2 Å². The number of benzene rings is 5. The van der Waals surface area contributed by atoms with Crippen LogP contribution in [-0.4, -0.2) is 25.2 Å². The number of nitrogens with zero attached hydrogens (tertiary/aromatic N) is 4. The molecule has 392 valence electrons. The van der Waals surface area contributed by atoms with E-state index in [1.807, 2.05) is 43.3 Å². The van der Waals surface area contributed by atoms with Crippen LogP contribution >= 0.6 is 31.9 Å². The number of azo groups is 2. The van der Waals surface area contributed by atoms with Gasteiger partial charge in [-0.1, -0.05) is 161 Å². The molecule has 0 saturated heterocycles. The summed E-state index contributed by atoms with van der Waals surface area (Å²) in [4.78, 5) is 26.3. The highest BCUT2D eigenvalue weighted by Crippen LogP contribution is 2.33. The number of hydrogen-bond acceptors (Lipinski definition) is 10. The van der Waals surface area contributed by atoms with Crippen molar-refractivity contribution >= 4 is 66.5 Å². The Morgan fingerprint density at radius 3 is 1.11 bits per heavy atom. The topological polar surface area (TPSA) is 121 Å². The van der Waals surface area contributed by atoms with Crippen molar-refractivity contribution in [2.24, 2.45) is 20.5 Å². The van der Waals surface area contributed by atoms with Crippen LogP contribution in [0.4, 0.5) is 22.7 Å². The molecule has 0 bridgehead atoms. The number of halogens is 2. The van der Waals surface area contributed by atoms with Gasteiger partial charge < -0.3 is 18.9 Å². The van der Waals surface area contributed by atoms with Crippen LogP contribution in [0.25, 0.3) is 0 Å². The summed E-state index contributed by atoms with van der Waals surface area (Å²) in [5, 5.41) is 17.5. The molecule has 0 aliphatic heterocycles. The van der Waals surface area contributed by atoms with E-state index in [9.17, 15) is 9.59 Å². The molecular formula is C61H78Br2N4O6. The molecule has 0 aromatic heterocycles. The van der Waals surface area contributed by atoms with Gasteiger partial charge in [-0.25, -0.2) is 9.59 Å². The van der Waals surface area contributed by atoms with E-state index in [4.69, 9.17) is 18.9 Å². The maximum Gasteiger partial charge on any atom is 0.343 e. The van der Waals surface area contributed by atoms with E-state index in [1.165, 1.54) is 147 Å². The summed E-state index contributed by atoms with van der Waals surface area (Å²) in [6.07, 6.45) is 31.4. The lowest BCUT2D eigenvalue weighted by atomic mass is 10.1. The van der Waals surface area contributed by atoms with Crippen molar-refractivity contribution in [1.29, 1.82) is 0 Å². The van der Waals surface area contributed by atoms with Crippen LogP contribution in [0.3, 0.4) is 0 Å². The number of rotatable bonds is 36. The minimum atomic E-state index is -0.570. The van der Waals surface area contributed by atoms with Crippen LogP contribution < -0.4 is 18.9 Å². The highest BCUT2D eigenvalue weighted by Gasteiger charge is 2.15. The molecule has 0 fully saturated rings. The Kier molecular flexibility index (Phi) is 28.2. The zero-order chi connectivity index (χ0) is 51.7. The molecule has 5 aromatic carbocycles. The number of hydrogen-bond donors (Lipinski definition) is 0. The first-order valence-electron chi connectivity index (χ1n) is 27.2. The van der Waals surface area contributed by atoms with Crippen molar-refractivity contribution in [2.75, 3.05) is 13.2 Å². The van der Waals surface area contributed by atoms with Crippen LogP contribution in [0.1, 0.15) is 194 Å². The molecule has 0 spiro atoms. The van der Waals surface area contributed by atoms with Gasteiger partial charge in [0.25, 0.3) is 0 Å². The third-order valence-electron chi connectivity index (χ3n) is 12.7. The molecule has 5 rings (SSSR count). The Balaban J connectivity index is 0.987. The van der Waals surface area contributed by atoms with Crippen molar-refractivity contribution < 1.29 is 28.5 Å². The maximum absolute atomic E-state index is 13.2. The first-order valence-corrected chi connectivity index (χ1v) is 28.7. The molecule has 12 heteroatoms. The molecule has 10 nitrogen and oxygen atoms in total. The number of carbonyl (C=O) groups excluding carboxylic acids is 2. The molecule has 0 aliphatic rings. The quantitative estimate of drug-likeness (QED) is 0.0170. The van der Waals surface area contributed by atoms with Crippen LogP contribution in [0.2, 0.25) is 0 Å². The summed E-state index contributed by atoms with van der Waals surface area (Å²) in [5.41, 5.74) is 3.83. The molecule has 0 unspecified atom stereocenters. The van der Waals surface area contributed by atoms with E-state index < -0.39 is 11.9 Å².